The lowest BCUT2D eigenvalue weighted by molar-refractivity contribution is -0.158. The van der Waals surface area contributed by atoms with Gasteiger partial charge >= 0.3 is 17.9 Å². The Balaban J connectivity index is 1.75. The molecule has 4 rings (SSSR count). The van der Waals surface area contributed by atoms with Gasteiger partial charge < -0.3 is 14.2 Å². The van der Waals surface area contributed by atoms with Crippen molar-refractivity contribution in [1.82, 2.24) is 0 Å². The number of carbonyl (C=O) groups excluding carboxylic acids is 3. The first-order valence-corrected chi connectivity index (χ1v) is 6.65. The molecule has 0 aromatic heterocycles. The normalized spacial score (nSPS) is 50.1. The van der Waals surface area contributed by atoms with E-state index in [1.165, 1.54) is 6.92 Å². The van der Waals surface area contributed by atoms with Crippen LogP contribution in [0.15, 0.2) is 0 Å². The Morgan fingerprint density at radius 1 is 1.32 bits per heavy atom. The molecule has 0 bridgehead atoms. The standard InChI is InChI=1S/C13H14O6/c1-5(14)17-9-8-7(11(15)18-12(8)16)6-3-2-4-13(6)10(9)19-13/h6-10H,2-4H2,1H3/t6-,7+,8-,9-,10+,13-/m0/s1. The van der Waals surface area contributed by atoms with E-state index in [4.69, 9.17) is 14.2 Å². The molecule has 0 aromatic carbocycles. The summed E-state index contributed by atoms with van der Waals surface area (Å²) in [6, 6.07) is 0. The fourth-order valence-electron chi connectivity index (χ4n) is 4.36. The molecule has 2 aliphatic heterocycles. The Labute approximate surface area is 109 Å². The molecule has 6 nitrogen and oxygen atoms in total. The molecule has 4 fully saturated rings. The molecule has 0 unspecified atom stereocenters. The third kappa shape index (κ3) is 1.27. The molecule has 0 amide bonds. The lowest BCUT2D eigenvalue weighted by Crippen LogP contribution is -2.50. The summed E-state index contributed by atoms with van der Waals surface area (Å²) in [5, 5.41) is 0. The quantitative estimate of drug-likeness (QED) is 0.382. The average Bonchev–Trinajstić information content (AvgIpc) is 2.77. The number of fused-ring (bicyclic) bond motifs is 2. The van der Waals surface area contributed by atoms with Crippen molar-refractivity contribution in [2.24, 2.45) is 17.8 Å². The molecular formula is C13H14O6. The molecule has 0 radical (unpaired) electrons. The van der Waals surface area contributed by atoms with E-state index >= 15 is 0 Å². The van der Waals surface area contributed by atoms with E-state index in [2.05, 4.69) is 0 Å². The second-order valence-corrected chi connectivity index (χ2v) is 5.86. The van der Waals surface area contributed by atoms with Crippen molar-refractivity contribution in [3.8, 4) is 0 Å². The minimum atomic E-state index is -0.680. The summed E-state index contributed by atoms with van der Waals surface area (Å²) in [5.74, 6) is -2.66. The number of ether oxygens (including phenoxy) is 3. The molecule has 102 valence electrons. The van der Waals surface area contributed by atoms with Crippen LogP contribution < -0.4 is 0 Å². The third-order valence-electron chi connectivity index (χ3n) is 5.00. The highest BCUT2D eigenvalue weighted by Gasteiger charge is 2.77. The summed E-state index contributed by atoms with van der Waals surface area (Å²) in [6.45, 7) is 1.30. The number of cyclic esters (lactones) is 2. The number of epoxide rings is 1. The second kappa shape index (κ2) is 3.36. The Morgan fingerprint density at radius 2 is 2.05 bits per heavy atom. The van der Waals surface area contributed by atoms with Gasteiger partial charge in [0.05, 0.1) is 5.92 Å². The lowest BCUT2D eigenvalue weighted by Gasteiger charge is -2.33. The molecule has 2 heterocycles. The predicted octanol–water partition coefficient (Wildman–Crippen LogP) is 0.185. The van der Waals surface area contributed by atoms with Gasteiger partial charge in [0, 0.05) is 12.8 Å². The molecule has 2 aliphatic carbocycles. The van der Waals surface area contributed by atoms with Gasteiger partial charge in [-0.3, -0.25) is 14.4 Å². The van der Waals surface area contributed by atoms with E-state index < -0.39 is 35.8 Å². The van der Waals surface area contributed by atoms with Crippen molar-refractivity contribution in [3.63, 3.8) is 0 Å². The van der Waals surface area contributed by atoms with Gasteiger partial charge in [-0.05, 0) is 12.8 Å². The van der Waals surface area contributed by atoms with Crippen LogP contribution in [0.5, 0.6) is 0 Å². The van der Waals surface area contributed by atoms with Gasteiger partial charge in [-0.2, -0.15) is 0 Å². The van der Waals surface area contributed by atoms with Crippen molar-refractivity contribution in [3.05, 3.63) is 0 Å². The minimum Gasteiger partial charge on any atom is -0.459 e. The highest BCUT2D eigenvalue weighted by atomic mass is 16.7. The van der Waals surface area contributed by atoms with Crippen molar-refractivity contribution < 1.29 is 28.6 Å². The molecule has 2 saturated carbocycles. The third-order valence-corrected chi connectivity index (χ3v) is 5.00. The Hall–Kier alpha value is -1.43. The number of rotatable bonds is 1. The highest BCUT2D eigenvalue weighted by molar-refractivity contribution is 5.97. The molecular weight excluding hydrogens is 252 g/mol. The van der Waals surface area contributed by atoms with Gasteiger partial charge in [0.25, 0.3) is 0 Å². The molecule has 4 aliphatic rings. The Bertz CT molecular complexity index is 499. The maximum absolute atomic E-state index is 11.9. The first kappa shape index (κ1) is 11.4. The zero-order chi connectivity index (χ0) is 13.4. The predicted molar refractivity (Wildman–Crippen MR) is 58.6 cm³/mol. The summed E-state index contributed by atoms with van der Waals surface area (Å²) < 4.78 is 15.8. The first-order valence-electron chi connectivity index (χ1n) is 6.65. The van der Waals surface area contributed by atoms with Crippen LogP contribution in [0, 0.1) is 17.8 Å². The van der Waals surface area contributed by atoms with E-state index in [1.54, 1.807) is 0 Å². The van der Waals surface area contributed by atoms with E-state index in [9.17, 15) is 14.4 Å². The number of hydrogen-bond acceptors (Lipinski definition) is 6. The van der Waals surface area contributed by atoms with E-state index in [0.717, 1.165) is 19.3 Å². The monoisotopic (exact) mass is 266 g/mol. The molecule has 2 saturated heterocycles. The Morgan fingerprint density at radius 3 is 2.79 bits per heavy atom. The Kier molecular flexibility index (Phi) is 2.02. The molecule has 6 heteroatoms. The van der Waals surface area contributed by atoms with E-state index in [0.29, 0.717) is 0 Å². The van der Waals surface area contributed by atoms with Crippen LogP contribution in [0.2, 0.25) is 0 Å². The summed E-state index contributed by atoms with van der Waals surface area (Å²) in [4.78, 5) is 35.0. The largest absolute Gasteiger partial charge is 0.459 e. The van der Waals surface area contributed by atoms with Crippen LogP contribution in [-0.4, -0.2) is 35.7 Å². The van der Waals surface area contributed by atoms with Crippen LogP contribution in [0.3, 0.4) is 0 Å². The van der Waals surface area contributed by atoms with Gasteiger partial charge in [-0.1, -0.05) is 6.42 Å². The van der Waals surface area contributed by atoms with Crippen molar-refractivity contribution in [2.45, 2.75) is 44.0 Å². The van der Waals surface area contributed by atoms with Crippen LogP contribution in [-0.2, 0) is 28.6 Å². The molecule has 6 atom stereocenters. The van der Waals surface area contributed by atoms with Crippen LogP contribution in [0.4, 0.5) is 0 Å². The lowest BCUT2D eigenvalue weighted by atomic mass is 9.67. The topological polar surface area (TPSA) is 82.2 Å². The first-order chi connectivity index (χ1) is 9.04. The molecule has 0 N–H and O–H groups in total. The van der Waals surface area contributed by atoms with Crippen molar-refractivity contribution >= 4 is 17.9 Å². The van der Waals surface area contributed by atoms with Gasteiger partial charge in [0.2, 0.25) is 0 Å². The van der Waals surface area contributed by atoms with Crippen LogP contribution in [0.25, 0.3) is 0 Å². The van der Waals surface area contributed by atoms with Gasteiger partial charge in [0.15, 0.2) is 0 Å². The highest BCUT2D eigenvalue weighted by Crippen LogP contribution is 2.64. The van der Waals surface area contributed by atoms with E-state index in [-0.39, 0.29) is 17.6 Å². The zero-order valence-corrected chi connectivity index (χ0v) is 10.5. The molecule has 0 aromatic rings. The summed E-state index contributed by atoms with van der Waals surface area (Å²) in [7, 11) is 0. The van der Waals surface area contributed by atoms with Gasteiger partial charge in [-0.15, -0.1) is 0 Å². The number of hydrogen-bond donors (Lipinski definition) is 0. The van der Waals surface area contributed by atoms with Gasteiger partial charge in [0.1, 0.15) is 23.7 Å². The smallest absolute Gasteiger partial charge is 0.321 e. The van der Waals surface area contributed by atoms with Crippen LogP contribution in [0.1, 0.15) is 26.2 Å². The number of esters is 3. The van der Waals surface area contributed by atoms with Crippen molar-refractivity contribution in [1.29, 1.82) is 0 Å². The van der Waals surface area contributed by atoms with E-state index in [1.807, 2.05) is 0 Å². The van der Waals surface area contributed by atoms with Crippen molar-refractivity contribution in [2.75, 3.05) is 0 Å². The summed E-state index contributed by atoms with van der Waals surface area (Å²) in [5.41, 5.74) is -0.356. The number of carbonyl (C=O) groups is 3. The summed E-state index contributed by atoms with van der Waals surface area (Å²) in [6.07, 6.45) is 1.79. The maximum atomic E-state index is 11.9. The SMILES string of the molecule is CC(=O)O[C@H]1[C@H]2C(=O)OC(=O)[C@@H]2[C@@H]2CCC[C@]23O[C@H]13. The van der Waals surface area contributed by atoms with Gasteiger partial charge in [-0.25, -0.2) is 0 Å². The second-order valence-electron chi connectivity index (χ2n) is 5.86. The average molecular weight is 266 g/mol. The maximum Gasteiger partial charge on any atom is 0.321 e. The fraction of sp³-hybridized carbons (Fsp3) is 0.769. The minimum absolute atomic E-state index is 0.0354. The fourth-order valence-corrected chi connectivity index (χ4v) is 4.36. The zero-order valence-electron chi connectivity index (χ0n) is 10.5. The summed E-state index contributed by atoms with van der Waals surface area (Å²) >= 11 is 0. The van der Waals surface area contributed by atoms with Crippen LogP contribution >= 0.6 is 0 Å². The molecule has 19 heavy (non-hydrogen) atoms. The molecule has 1 spiro atoms.